The number of rotatable bonds is 0. The molecule has 11 heavy (non-hydrogen) atoms. The van der Waals surface area contributed by atoms with Crippen molar-refractivity contribution in [3.8, 4) is 0 Å². The molecule has 1 unspecified atom stereocenters. The van der Waals surface area contributed by atoms with Crippen LogP contribution in [0.3, 0.4) is 0 Å². The van der Waals surface area contributed by atoms with Gasteiger partial charge in [0.1, 0.15) is 17.6 Å². The molecule has 1 heterocycles. The van der Waals surface area contributed by atoms with E-state index in [-0.39, 0.29) is 9.29 Å². The summed E-state index contributed by atoms with van der Waals surface area (Å²) in [7, 11) is 0. The van der Waals surface area contributed by atoms with E-state index < -0.39 is 23.5 Å². The van der Waals surface area contributed by atoms with Crippen molar-refractivity contribution < 1.29 is 13.2 Å². The second-order valence-electron chi connectivity index (χ2n) is 2.21. The minimum atomic E-state index is -1.13. The van der Waals surface area contributed by atoms with Crippen molar-refractivity contribution in [3.63, 3.8) is 0 Å². The number of fused-ring (bicyclic) bond motifs is 1. The number of allylic oxidation sites excluding steroid dienone is 2. The number of halogens is 4. The Labute approximate surface area is 73.8 Å². The van der Waals surface area contributed by atoms with Crippen LogP contribution in [0.1, 0.15) is 0 Å². The van der Waals surface area contributed by atoms with Gasteiger partial charge in [-0.3, -0.25) is 4.99 Å². The summed E-state index contributed by atoms with van der Waals surface area (Å²) in [6, 6.07) is -0.818. The molecule has 0 aromatic carbocycles. The number of hydrogen-bond acceptors (Lipinski definition) is 1. The molecule has 2 aliphatic rings. The Balaban J connectivity index is 2.54. The van der Waals surface area contributed by atoms with E-state index in [1.165, 1.54) is 22.6 Å². The molecule has 0 bridgehead atoms. The molecule has 0 aromatic rings. The molecule has 5 heteroatoms. The number of hydrogen-bond donors (Lipinski definition) is 0. The van der Waals surface area contributed by atoms with Crippen molar-refractivity contribution in [2.24, 2.45) is 4.99 Å². The van der Waals surface area contributed by atoms with E-state index in [2.05, 4.69) is 4.99 Å². The van der Waals surface area contributed by atoms with Gasteiger partial charge in [0.25, 0.3) is 0 Å². The molecule has 1 aliphatic carbocycles. The molecule has 0 aromatic heterocycles. The van der Waals surface area contributed by atoms with Crippen LogP contribution in [-0.2, 0) is 0 Å². The zero-order valence-electron chi connectivity index (χ0n) is 5.04. The molecular weight excluding hydrogens is 270 g/mol. The number of nitrogens with zero attached hydrogens (tertiary/aromatic N) is 1. The average molecular weight is 271 g/mol. The Morgan fingerprint density at radius 3 is 2.45 bits per heavy atom. The zero-order valence-corrected chi connectivity index (χ0v) is 7.19. The molecule has 0 saturated heterocycles. The summed E-state index contributed by atoms with van der Waals surface area (Å²) in [6.45, 7) is 0. The summed E-state index contributed by atoms with van der Waals surface area (Å²) in [5.74, 6) is -2.82. The lowest BCUT2D eigenvalue weighted by molar-refractivity contribution is 0.549. The summed E-state index contributed by atoms with van der Waals surface area (Å²) in [5, 5.41) is 0. The van der Waals surface area contributed by atoms with Gasteiger partial charge in [0, 0.05) is 0 Å². The van der Waals surface area contributed by atoms with E-state index in [1.54, 1.807) is 0 Å². The van der Waals surface area contributed by atoms with Crippen molar-refractivity contribution in [2.75, 3.05) is 0 Å². The van der Waals surface area contributed by atoms with Gasteiger partial charge in [-0.1, -0.05) is 0 Å². The minimum absolute atomic E-state index is 0.0968. The van der Waals surface area contributed by atoms with Crippen LogP contribution in [0.5, 0.6) is 0 Å². The molecule has 0 amide bonds. The fraction of sp³-hybridized carbons (Fsp3) is 0.167. The lowest BCUT2D eigenvalue weighted by Gasteiger charge is -2.04. The van der Waals surface area contributed by atoms with Gasteiger partial charge in [-0.2, -0.15) is 0 Å². The van der Waals surface area contributed by atoms with Gasteiger partial charge in [-0.25, -0.2) is 13.2 Å². The van der Waals surface area contributed by atoms with Crippen LogP contribution in [0.2, 0.25) is 0 Å². The predicted molar refractivity (Wildman–Crippen MR) is 42.6 cm³/mol. The molecule has 58 valence electrons. The van der Waals surface area contributed by atoms with Crippen molar-refractivity contribution in [1.29, 1.82) is 0 Å². The van der Waals surface area contributed by atoms with Crippen LogP contribution in [0.25, 0.3) is 0 Å². The molecule has 0 fully saturated rings. The first kappa shape index (κ1) is 7.33. The van der Waals surface area contributed by atoms with Crippen LogP contribution < -0.4 is 0 Å². The molecule has 1 nitrogen and oxygen atoms in total. The van der Waals surface area contributed by atoms with Crippen LogP contribution in [0, 0.1) is 0 Å². The van der Waals surface area contributed by atoms with Crippen molar-refractivity contribution in [2.45, 2.75) is 6.04 Å². The first-order valence-corrected chi connectivity index (χ1v) is 3.89. The van der Waals surface area contributed by atoms with Gasteiger partial charge < -0.3 is 0 Å². The summed E-state index contributed by atoms with van der Waals surface area (Å²) in [4.78, 5) is 3.42. The molecule has 0 radical (unpaired) electrons. The highest BCUT2D eigenvalue weighted by Crippen LogP contribution is 2.42. The molecule has 0 spiro atoms. The normalized spacial score (nSPS) is 28.7. The first-order valence-electron chi connectivity index (χ1n) is 2.82. The average Bonchev–Trinajstić information content (AvgIpc) is 2.76. The van der Waals surface area contributed by atoms with Gasteiger partial charge in [0.15, 0.2) is 11.7 Å². The smallest absolute Gasteiger partial charge is 0.183 e. The Kier molecular flexibility index (Phi) is 1.39. The van der Waals surface area contributed by atoms with Gasteiger partial charge in [-0.05, 0) is 22.6 Å². The van der Waals surface area contributed by atoms with E-state index >= 15 is 0 Å². The maximum absolute atomic E-state index is 12.8. The van der Waals surface area contributed by atoms with Crippen LogP contribution >= 0.6 is 22.6 Å². The highest BCUT2D eigenvalue weighted by atomic mass is 127. The monoisotopic (exact) mass is 271 g/mol. The van der Waals surface area contributed by atoms with Gasteiger partial charge in [0.2, 0.25) is 0 Å². The summed E-state index contributed by atoms with van der Waals surface area (Å²) in [6.07, 6.45) is 0. The number of aliphatic imine (C=N–C) groups is 1. The second kappa shape index (κ2) is 2.09. The quantitative estimate of drug-likeness (QED) is 0.600. The van der Waals surface area contributed by atoms with Crippen molar-refractivity contribution in [1.82, 2.24) is 0 Å². The second-order valence-corrected chi connectivity index (χ2v) is 3.29. The van der Waals surface area contributed by atoms with E-state index in [1.807, 2.05) is 0 Å². The van der Waals surface area contributed by atoms with Crippen LogP contribution in [0.4, 0.5) is 13.2 Å². The predicted octanol–water partition coefficient (Wildman–Crippen LogP) is 2.59. The fourth-order valence-corrected chi connectivity index (χ4v) is 1.42. The van der Waals surface area contributed by atoms with E-state index in [9.17, 15) is 13.2 Å². The largest absolute Gasteiger partial charge is 0.267 e. The van der Waals surface area contributed by atoms with E-state index in [0.29, 0.717) is 0 Å². The Hall–Kier alpha value is -0.330. The molecule has 1 aliphatic heterocycles. The third kappa shape index (κ3) is 0.863. The Bertz CT molecular complexity index is 329. The summed E-state index contributed by atoms with van der Waals surface area (Å²) in [5.41, 5.74) is -0.0968. The Morgan fingerprint density at radius 1 is 1.18 bits per heavy atom. The lowest BCUT2D eigenvalue weighted by atomic mass is 10.1. The topological polar surface area (TPSA) is 12.4 Å². The van der Waals surface area contributed by atoms with Crippen molar-refractivity contribution in [3.05, 3.63) is 21.1 Å². The summed E-state index contributed by atoms with van der Waals surface area (Å²) >= 11 is 1.42. The van der Waals surface area contributed by atoms with E-state index in [4.69, 9.17) is 0 Å². The van der Waals surface area contributed by atoms with E-state index in [0.717, 1.165) is 0 Å². The zero-order chi connectivity index (χ0) is 8.17. The SMILES string of the molecule is FC1=C(F)C(I)=C(F)C2N=C12. The molecule has 1 atom stereocenters. The van der Waals surface area contributed by atoms with Gasteiger partial charge >= 0.3 is 0 Å². The maximum atomic E-state index is 12.8. The molecular formula is C6HF3IN. The lowest BCUT2D eigenvalue weighted by Crippen LogP contribution is -2.07. The third-order valence-electron chi connectivity index (χ3n) is 1.52. The standard InChI is InChI=1S/C6HF3IN/c7-1-2(8)5-6(11-5)3(9)4(1)10/h6H. The third-order valence-corrected chi connectivity index (χ3v) is 2.51. The summed E-state index contributed by atoms with van der Waals surface area (Å²) < 4.78 is 37.7. The van der Waals surface area contributed by atoms with Crippen LogP contribution in [-0.4, -0.2) is 11.8 Å². The highest BCUT2D eigenvalue weighted by Gasteiger charge is 2.43. The van der Waals surface area contributed by atoms with Gasteiger partial charge in [0.05, 0.1) is 3.58 Å². The van der Waals surface area contributed by atoms with Gasteiger partial charge in [-0.15, -0.1) is 0 Å². The highest BCUT2D eigenvalue weighted by molar-refractivity contribution is 14.1. The Morgan fingerprint density at radius 2 is 1.82 bits per heavy atom. The molecule has 0 saturated carbocycles. The van der Waals surface area contributed by atoms with Crippen LogP contribution in [0.15, 0.2) is 26.1 Å². The first-order chi connectivity index (χ1) is 5.13. The maximum Gasteiger partial charge on any atom is 0.183 e. The molecule has 2 rings (SSSR count). The molecule has 0 N–H and O–H groups in total. The van der Waals surface area contributed by atoms with Crippen molar-refractivity contribution >= 4 is 28.3 Å². The fourth-order valence-electron chi connectivity index (χ4n) is 0.889. The minimum Gasteiger partial charge on any atom is -0.267 e.